The predicted molar refractivity (Wildman–Crippen MR) is 87.7 cm³/mol. The zero-order chi connectivity index (χ0) is 15.7. The summed E-state index contributed by atoms with van der Waals surface area (Å²) in [6, 6.07) is 8.27. The Labute approximate surface area is 131 Å². The van der Waals surface area contributed by atoms with Crippen LogP contribution in [0.3, 0.4) is 0 Å². The number of aromatic nitrogens is 1. The van der Waals surface area contributed by atoms with Crippen LogP contribution in [0, 0.1) is 23.2 Å². The molecular weight excluding hydrogens is 274 g/mol. The molecule has 22 heavy (non-hydrogen) atoms. The van der Waals surface area contributed by atoms with E-state index in [-0.39, 0.29) is 6.04 Å². The van der Waals surface area contributed by atoms with Crippen molar-refractivity contribution in [3.05, 3.63) is 30.0 Å². The number of nitrogens with zero attached hydrogens (tertiary/aromatic N) is 2. The molecule has 3 atom stereocenters. The molecule has 0 aliphatic carbocycles. The van der Waals surface area contributed by atoms with Crippen LogP contribution in [-0.2, 0) is 0 Å². The number of aromatic amines is 1. The Kier molecular flexibility index (Phi) is 4.08. The summed E-state index contributed by atoms with van der Waals surface area (Å²) >= 11 is 0. The fraction of sp³-hybridized carbons (Fsp3) is 0.500. The maximum atomic E-state index is 9.77. The van der Waals surface area contributed by atoms with Gasteiger partial charge < -0.3 is 9.72 Å². The minimum atomic E-state index is -0.203. The normalized spacial score (nSPS) is 24.1. The van der Waals surface area contributed by atoms with Gasteiger partial charge in [0.15, 0.2) is 0 Å². The Bertz CT molecular complexity index is 690. The Morgan fingerprint density at radius 3 is 2.68 bits per heavy atom. The lowest BCUT2D eigenvalue weighted by atomic mass is 9.90. The summed E-state index contributed by atoms with van der Waals surface area (Å²) < 4.78 is 5.33. The zero-order valence-corrected chi connectivity index (χ0v) is 13.5. The van der Waals surface area contributed by atoms with Gasteiger partial charge in [0.2, 0.25) is 0 Å². The van der Waals surface area contributed by atoms with Gasteiger partial charge in [0.1, 0.15) is 11.8 Å². The molecule has 4 nitrogen and oxygen atoms in total. The van der Waals surface area contributed by atoms with Crippen molar-refractivity contribution in [1.29, 1.82) is 5.26 Å². The maximum Gasteiger partial charge on any atom is 0.125 e. The number of hydrogen-bond donors (Lipinski definition) is 1. The molecule has 4 heteroatoms. The second-order valence-electron chi connectivity index (χ2n) is 6.59. The smallest absolute Gasteiger partial charge is 0.125 e. The zero-order valence-electron chi connectivity index (χ0n) is 13.5. The molecule has 0 radical (unpaired) electrons. The fourth-order valence-electron chi connectivity index (χ4n) is 3.74. The number of benzene rings is 1. The molecule has 1 aromatic heterocycles. The first-order chi connectivity index (χ1) is 10.6. The van der Waals surface area contributed by atoms with Crippen LogP contribution >= 0.6 is 0 Å². The second-order valence-corrected chi connectivity index (χ2v) is 6.59. The lowest BCUT2D eigenvalue weighted by Gasteiger charge is -2.37. The van der Waals surface area contributed by atoms with Crippen LogP contribution in [-0.4, -0.2) is 30.1 Å². The molecule has 1 N–H and O–H groups in total. The number of ether oxygens (including phenoxy) is 1. The van der Waals surface area contributed by atoms with Gasteiger partial charge in [-0.15, -0.1) is 0 Å². The molecule has 3 unspecified atom stereocenters. The van der Waals surface area contributed by atoms with E-state index >= 15 is 0 Å². The van der Waals surface area contributed by atoms with Gasteiger partial charge in [-0.1, -0.05) is 13.8 Å². The van der Waals surface area contributed by atoms with Gasteiger partial charge in [-0.25, -0.2) is 0 Å². The summed E-state index contributed by atoms with van der Waals surface area (Å²) in [5.41, 5.74) is 2.10. The van der Waals surface area contributed by atoms with Crippen molar-refractivity contribution < 1.29 is 4.74 Å². The maximum absolute atomic E-state index is 9.77. The lowest BCUT2D eigenvalue weighted by molar-refractivity contribution is 0.118. The second kappa shape index (κ2) is 6.02. The average Bonchev–Trinajstić information content (AvgIpc) is 2.90. The van der Waals surface area contributed by atoms with E-state index < -0.39 is 0 Å². The molecule has 0 saturated carbocycles. The average molecular weight is 297 g/mol. The summed E-state index contributed by atoms with van der Waals surface area (Å²) in [5.74, 6) is 2.10. The largest absolute Gasteiger partial charge is 0.497 e. The quantitative estimate of drug-likeness (QED) is 0.939. The highest BCUT2D eigenvalue weighted by molar-refractivity contribution is 5.85. The Morgan fingerprint density at radius 2 is 2.05 bits per heavy atom. The van der Waals surface area contributed by atoms with Gasteiger partial charge in [0.25, 0.3) is 0 Å². The Morgan fingerprint density at radius 1 is 1.32 bits per heavy atom. The van der Waals surface area contributed by atoms with E-state index in [4.69, 9.17) is 4.74 Å². The number of nitriles is 1. The van der Waals surface area contributed by atoms with E-state index in [1.165, 1.54) is 6.42 Å². The molecule has 1 saturated heterocycles. The topological polar surface area (TPSA) is 52.1 Å². The van der Waals surface area contributed by atoms with Crippen LogP contribution in [0.4, 0.5) is 0 Å². The SMILES string of the molecule is COc1ccc2[nH]cc(C(C#N)N3CC(C)CC(C)C3)c2c1. The molecule has 0 spiro atoms. The first-order valence-electron chi connectivity index (χ1n) is 7.91. The van der Waals surface area contributed by atoms with Crippen LogP contribution < -0.4 is 4.74 Å². The van der Waals surface area contributed by atoms with Crippen molar-refractivity contribution >= 4 is 10.9 Å². The number of piperidine rings is 1. The van der Waals surface area contributed by atoms with E-state index in [2.05, 4.69) is 29.8 Å². The number of H-pyrrole nitrogens is 1. The first-order valence-corrected chi connectivity index (χ1v) is 7.91. The van der Waals surface area contributed by atoms with Crippen LogP contribution in [0.1, 0.15) is 31.9 Å². The van der Waals surface area contributed by atoms with Gasteiger partial charge in [-0.2, -0.15) is 5.26 Å². The lowest BCUT2D eigenvalue weighted by Crippen LogP contribution is -2.40. The Balaban J connectivity index is 1.98. The van der Waals surface area contributed by atoms with Crippen LogP contribution in [0.25, 0.3) is 10.9 Å². The summed E-state index contributed by atoms with van der Waals surface area (Å²) in [6.45, 7) is 6.52. The van der Waals surface area contributed by atoms with Crippen LogP contribution in [0.2, 0.25) is 0 Å². The van der Waals surface area contributed by atoms with E-state index in [1.54, 1.807) is 7.11 Å². The number of likely N-dealkylation sites (tertiary alicyclic amines) is 1. The summed E-state index contributed by atoms with van der Waals surface area (Å²) in [5, 5.41) is 10.9. The molecule has 2 aromatic rings. The van der Waals surface area contributed by atoms with Gasteiger partial charge >= 0.3 is 0 Å². The van der Waals surface area contributed by atoms with Crippen molar-refractivity contribution in [2.45, 2.75) is 26.3 Å². The third-order valence-electron chi connectivity index (χ3n) is 4.60. The van der Waals surface area contributed by atoms with Crippen molar-refractivity contribution in [2.24, 2.45) is 11.8 Å². The third-order valence-corrected chi connectivity index (χ3v) is 4.60. The van der Waals surface area contributed by atoms with Gasteiger partial charge in [0.05, 0.1) is 13.2 Å². The predicted octanol–water partition coefficient (Wildman–Crippen LogP) is 3.72. The monoisotopic (exact) mass is 297 g/mol. The molecule has 116 valence electrons. The number of rotatable bonds is 3. The van der Waals surface area contributed by atoms with E-state index in [0.717, 1.165) is 35.3 Å². The highest BCUT2D eigenvalue weighted by atomic mass is 16.5. The van der Waals surface area contributed by atoms with E-state index in [0.29, 0.717) is 11.8 Å². The molecule has 0 amide bonds. The first kappa shape index (κ1) is 14.9. The van der Waals surface area contributed by atoms with Crippen molar-refractivity contribution in [2.75, 3.05) is 20.2 Å². The third kappa shape index (κ3) is 2.69. The number of hydrogen-bond acceptors (Lipinski definition) is 3. The number of nitrogens with one attached hydrogen (secondary N) is 1. The summed E-state index contributed by atoms with van der Waals surface area (Å²) in [4.78, 5) is 5.60. The molecule has 1 aliphatic rings. The van der Waals surface area contributed by atoms with E-state index in [9.17, 15) is 5.26 Å². The van der Waals surface area contributed by atoms with Gasteiger partial charge in [0, 0.05) is 35.8 Å². The Hall–Kier alpha value is -1.99. The number of methoxy groups -OCH3 is 1. The van der Waals surface area contributed by atoms with Crippen molar-refractivity contribution in [3.8, 4) is 11.8 Å². The standard InChI is InChI=1S/C18H23N3O/c1-12-6-13(2)11-21(10-12)18(8-19)16-9-20-17-5-4-14(22-3)7-15(16)17/h4-5,7,9,12-13,18,20H,6,10-11H2,1-3H3. The van der Waals surface area contributed by atoms with E-state index in [1.807, 2.05) is 24.4 Å². The fourth-order valence-corrected chi connectivity index (χ4v) is 3.74. The molecule has 1 aliphatic heterocycles. The van der Waals surface area contributed by atoms with Crippen LogP contribution in [0.5, 0.6) is 5.75 Å². The molecule has 3 rings (SSSR count). The molecular formula is C18H23N3O. The van der Waals surface area contributed by atoms with Crippen molar-refractivity contribution in [1.82, 2.24) is 9.88 Å². The minimum Gasteiger partial charge on any atom is -0.497 e. The number of fused-ring (bicyclic) bond motifs is 1. The van der Waals surface area contributed by atoms with Gasteiger partial charge in [-0.05, 0) is 36.5 Å². The molecule has 1 aromatic carbocycles. The van der Waals surface area contributed by atoms with Crippen LogP contribution in [0.15, 0.2) is 24.4 Å². The van der Waals surface area contributed by atoms with Crippen molar-refractivity contribution in [3.63, 3.8) is 0 Å². The highest BCUT2D eigenvalue weighted by Gasteiger charge is 2.29. The molecule has 2 heterocycles. The summed E-state index contributed by atoms with van der Waals surface area (Å²) in [7, 11) is 1.67. The molecule has 1 fully saturated rings. The highest BCUT2D eigenvalue weighted by Crippen LogP contribution is 2.33. The molecule has 0 bridgehead atoms. The minimum absolute atomic E-state index is 0.203. The van der Waals surface area contributed by atoms with Gasteiger partial charge in [-0.3, -0.25) is 4.90 Å². The summed E-state index contributed by atoms with van der Waals surface area (Å²) in [6.07, 6.45) is 3.22.